The molecule has 0 aliphatic heterocycles. The van der Waals surface area contributed by atoms with Gasteiger partial charge >= 0.3 is 0 Å². The molecule has 0 saturated carbocycles. The number of nitrogens with zero attached hydrogens (tertiary/aromatic N) is 1. The number of hydrogen-bond acceptors (Lipinski definition) is 4. The second kappa shape index (κ2) is 8.69. The van der Waals surface area contributed by atoms with Gasteiger partial charge in [0.15, 0.2) is 0 Å². The highest BCUT2D eigenvalue weighted by molar-refractivity contribution is 5.61. The van der Waals surface area contributed by atoms with Crippen molar-refractivity contribution in [2.75, 3.05) is 37.5 Å². The monoisotopic (exact) mass is 280 g/mol. The van der Waals surface area contributed by atoms with Gasteiger partial charge in [0.25, 0.3) is 0 Å². The number of methoxy groups -OCH3 is 1. The van der Waals surface area contributed by atoms with Crippen LogP contribution in [0.5, 0.6) is 5.75 Å². The summed E-state index contributed by atoms with van der Waals surface area (Å²) in [6.45, 7) is 8.75. The number of nitrogens with two attached hydrogens (primary N) is 1. The molecule has 1 unspecified atom stereocenters. The minimum absolute atomic E-state index is 0.436. The van der Waals surface area contributed by atoms with Crippen molar-refractivity contribution in [2.24, 2.45) is 0 Å². The molecule has 0 spiro atoms. The summed E-state index contributed by atoms with van der Waals surface area (Å²) in [6, 6.07) is 6.38. The fourth-order valence-electron chi connectivity index (χ4n) is 2.09. The van der Waals surface area contributed by atoms with Crippen LogP contribution < -0.4 is 15.4 Å². The Kier molecular flexibility index (Phi) is 7.23. The number of benzene rings is 1. The van der Waals surface area contributed by atoms with E-state index in [9.17, 15) is 0 Å². The van der Waals surface area contributed by atoms with Gasteiger partial charge < -0.3 is 20.1 Å². The zero-order valence-corrected chi connectivity index (χ0v) is 13.2. The molecule has 0 radical (unpaired) electrons. The molecule has 4 heteroatoms. The van der Waals surface area contributed by atoms with E-state index in [0.29, 0.717) is 19.3 Å². The van der Waals surface area contributed by atoms with Crippen LogP contribution in [0.15, 0.2) is 18.2 Å². The Morgan fingerprint density at radius 2 is 1.95 bits per heavy atom. The SMILES string of the molecule is CCCOc1cc(N)cc(N(CCOC)C(C)CC)c1. The lowest BCUT2D eigenvalue weighted by molar-refractivity contribution is 0.203. The van der Waals surface area contributed by atoms with Crippen LogP contribution >= 0.6 is 0 Å². The molecule has 0 aromatic heterocycles. The Balaban J connectivity index is 2.95. The van der Waals surface area contributed by atoms with E-state index in [-0.39, 0.29) is 0 Å². The minimum Gasteiger partial charge on any atom is -0.493 e. The Bertz CT molecular complexity index is 396. The van der Waals surface area contributed by atoms with Crippen molar-refractivity contribution in [3.05, 3.63) is 18.2 Å². The van der Waals surface area contributed by atoms with Crippen molar-refractivity contribution in [3.8, 4) is 5.75 Å². The molecule has 1 rings (SSSR count). The highest BCUT2D eigenvalue weighted by Crippen LogP contribution is 2.27. The topological polar surface area (TPSA) is 47.7 Å². The Morgan fingerprint density at radius 1 is 1.20 bits per heavy atom. The van der Waals surface area contributed by atoms with Crippen LogP contribution in [-0.2, 0) is 4.74 Å². The van der Waals surface area contributed by atoms with Crippen molar-refractivity contribution in [1.82, 2.24) is 0 Å². The van der Waals surface area contributed by atoms with Gasteiger partial charge in [0.2, 0.25) is 0 Å². The van der Waals surface area contributed by atoms with E-state index in [2.05, 4.69) is 31.7 Å². The third-order valence-electron chi connectivity index (χ3n) is 3.38. The maximum atomic E-state index is 6.00. The predicted octanol–water partition coefficient (Wildman–Crippen LogP) is 3.31. The third-order valence-corrected chi connectivity index (χ3v) is 3.38. The lowest BCUT2D eigenvalue weighted by atomic mass is 10.1. The summed E-state index contributed by atoms with van der Waals surface area (Å²) in [4.78, 5) is 2.32. The van der Waals surface area contributed by atoms with Gasteiger partial charge in [-0.15, -0.1) is 0 Å². The van der Waals surface area contributed by atoms with E-state index in [1.165, 1.54) is 0 Å². The fraction of sp³-hybridized carbons (Fsp3) is 0.625. The van der Waals surface area contributed by atoms with Crippen LogP contribution in [0.3, 0.4) is 0 Å². The van der Waals surface area contributed by atoms with Crippen LogP contribution in [0.25, 0.3) is 0 Å². The van der Waals surface area contributed by atoms with Gasteiger partial charge in [0.05, 0.1) is 13.2 Å². The first-order chi connectivity index (χ1) is 9.62. The Labute approximate surface area is 122 Å². The number of nitrogen functional groups attached to an aromatic ring is 1. The van der Waals surface area contributed by atoms with E-state index >= 15 is 0 Å². The van der Waals surface area contributed by atoms with Crippen molar-refractivity contribution >= 4 is 11.4 Å². The first kappa shape index (κ1) is 16.6. The lowest BCUT2D eigenvalue weighted by Crippen LogP contribution is -2.35. The van der Waals surface area contributed by atoms with Crippen LogP contribution in [0.4, 0.5) is 11.4 Å². The predicted molar refractivity (Wildman–Crippen MR) is 85.6 cm³/mol. The van der Waals surface area contributed by atoms with Gasteiger partial charge in [-0.2, -0.15) is 0 Å². The second-order valence-electron chi connectivity index (χ2n) is 5.05. The molecule has 1 aromatic rings. The van der Waals surface area contributed by atoms with Gasteiger partial charge in [0.1, 0.15) is 5.75 Å². The smallest absolute Gasteiger partial charge is 0.123 e. The molecule has 0 heterocycles. The first-order valence-corrected chi connectivity index (χ1v) is 7.41. The zero-order chi connectivity index (χ0) is 15.0. The van der Waals surface area contributed by atoms with Gasteiger partial charge in [-0.25, -0.2) is 0 Å². The summed E-state index contributed by atoms with van der Waals surface area (Å²) in [5, 5.41) is 0. The molecule has 1 atom stereocenters. The van der Waals surface area contributed by atoms with E-state index < -0.39 is 0 Å². The lowest BCUT2D eigenvalue weighted by Gasteiger charge is -2.31. The highest BCUT2D eigenvalue weighted by Gasteiger charge is 2.14. The zero-order valence-electron chi connectivity index (χ0n) is 13.2. The van der Waals surface area contributed by atoms with Crippen molar-refractivity contribution < 1.29 is 9.47 Å². The first-order valence-electron chi connectivity index (χ1n) is 7.41. The number of ether oxygens (including phenoxy) is 2. The molecule has 0 saturated heterocycles. The summed E-state index contributed by atoms with van der Waals surface area (Å²) in [5.74, 6) is 0.840. The van der Waals surface area contributed by atoms with E-state index in [0.717, 1.165) is 36.5 Å². The van der Waals surface area contributed by atoms with Gasteiger partial charge in [-0.3, -0.25) is 0 Å². The molecule has 2 N–H and O–H groups in total. The largest absolute Gasteiger partial charge is 0.493 e. The molecule has 0 aliphatic rings. The minimum atomic E-state index is 0.436. The Morgan fingerprint density at radius 3 is 2.55 bits per heavy atom. The molecule has 4 nitrogen and oxygen atoms in total. The summed E-state index contributed by atoms with van der Waals surface area (Å²) < 4.78 is 10.9. The standard InChI is InChI=1S/C16H28N2O2/c1-5-8-20-16-11-14(17)10-15(12-16)18(7-9-19-4)13(3)6-2/h10-13H,5-9,17H2,1-4H3. The third kappa shape index (κ3) is 4.93. The molecule has 114 valence electrons. The van der Waals surface area contributed by atoms with Crippen LogP contribution in [-0.4, -0.2) is 32.9 Å². The van der Waals surface area contributed by atoms with Crippen molar-refractivity contribution in [1.29, 1.82) is 0 Å². The van der Waals surface area contributed by atoms with Crippen molar-refractivity contribution in [3.63, 3.8) is 0 Å². The van der Waals surface area contributed by atoms with Gasteiger partial charge in [-0.05, 0) is 25.8 Å². The van der Waals surface area contributed by atoms with Crippen LogP contribution in [0.1, 0.15) is 33.6 Å². The van der Waals surface area contributed by atoms with Crippen molar-refractivity contribution in [2.45, 2.75) is 39.7 Å². The maximum absolute atomic E-state index is 6.00. The summed E-state index contributed by atoms with van der Waals surface area (Å²) in [6.07, 6.45) is 2.06. The molecule has 0 amide bonds. The molecule has 0 aliphatic carbocycles. The summed E-state index contributed by atoms with van der Waals surface area (Å²) >= 11 is 0. The van der Waals surface area contributed by atoms with Crippen LogP contribution in [0.2, 0.25) is 0 Å². The summed E-state index contributed by atoms with van der Waals surface area (Å²) in [7, 11) is 1.73. The number of rotatable bonds is 9. The quantitative estimate of drug-likeness (QED) is 0.705. The second-order valence-corrected chi connectivity index (χ2v) is 5.05. The number of hydrogen-bond donors (Lipinski definition) is 1. The average molecular weight is 280 g/mol. The summed E-state index contributed by atoms with van der Waals surface area (Å²) in [5.41, 5.74) is 7.84. The van der Waals surface area contributed by atoms with Gasteiger partial charge in [0, 0.05) is 43.2 Å². The normalized spacial score (nSPS) is 12.2. The maximum Gasteiger partial charge on any atom is 0.123 e. The van der Waals surface area contributed by atoms with E-state index in [1.807, 2.05) is 12.1 Å². The molecule has 1 aromatic carbocycles. The highest BCUT2D eigenvalue weighted by atomic mass is 16.5. The fourth-order valence-corrected chi connectivity index (χ4v) is 2.09. The average Bonchev–Trinajstić information content (AvgIpc) is 2.44. The molecule has 0 bridgehead atoms. The molecular formula is C16H28N2O2. The Hall–Kier alpha value is -1.42. The van der Waals surface area contributed by atoms with Gasteiger partial charge in [-0.1, -0.05) is 13.8 Å². The van der Waals surface area contributed by atoms with E-state index in [4.69, 9.17) is 15.2 Å². The van der Waals surface area contributed by atoms with E-state index in [1.54, 1.807) is 7.11 Å². The molecule has 0 fully saturated rings. The van der Waals surface area contributed by atoms with Crippen LogP contribution in [0, 0.1) is 0 Å². The molecular weight excluding hydrogens is 252 g/mol. The number of anilines is 2. The molecule has 20 heavy (non-hydrogen) atoms.